The first kappa shape index (κ1) is 13.9. The monoisotopic (exact) mass is 272 g/mol. The third kappa shape index (κ3) is 3.06. The lowest BCUT2D eigenvalue weighted by molar-refractivity contribution is 0.104. The van der Waals surface area contributed by atoms with E-state index in [0.29, 0.717) is 11.3 Å². The Labute approximate surface area is 117 Å². The molecule has 2 rings (SSSR count). The van der Waals surface area contributed by atoms with Crippen molar-refractivity contribution in [3.63, 3.8) is 0 Å². The van der Waals surface area contributed by atoms with Gasteiger partial charge in [-0.1, -0.05) is 12.1 Å². The number of aryl methyl sites for hydroxylation is 1. The molecule has 0 aliphatic carbocycles. The van der Waals surface area contributed by atoms with Gasteiger partial charge in [-0.15, -0.1) is 0 Å². The predicted octanol–water partition coefficient (Wildman–Crippen LogP) is 2.51. The van der Waals surface area contributed by atoms with Crippen LogP contribution in [0.15, 0.2) is 36.7 Å². The fourth-order valence-corrected chi connectivity index (χ4v) is 1.74. The highest BCUT2D eigenvalue weighted by Gasteiger charge is 2.05. The summed E-state index contributed by atoms with van der Waals surface area (Å²) in [6.45, 7) is 2.68. The standard InChI is InChI=1S/C15H16N2O3/c1-3-17-10-12(9-16-17)13(18)6-4-11-5-7-15(20-2)14(19)8-11/h4-10,19H,3H2,1-2H3/b6-4+. The van der Waals surface area contributed by atoms with Crippen molar-refractivity contribution in [2.24, 2.45) is 0 Å². The number of methoxy groups -OCH3 is 1. The summed E-state index contributed by atoms with van der Waals surface area (Å²) in [6, 6.07) is 4.95. The van der Waals surface area contributed by atoms with Crippen molar-refractivity contribution in [2.75, 3.05) is 7.11 Å². The van der Waals surface area contributed by atoms with Crippen LogP contribution in [0.4, 0.5) is 0 Å². The van der Waals surface area contributed by atoms with Gasteiger partial charge in [0.2, 0.25) is 0 Å². The Kier molecular flexibility index (Phi) is 4.20. The second-order valence-corrected chi connectivity index (χ2v) is 4.21. The molecule has 1 aromatic carbocycles. The number of ketones is 1. The second kappa shape index (κ2) is 6.06. The molecule has 0 spiro atoms. The summed E-state index contributed by atoms with van der Waals surface area (Å²) in [6.07, 6.45) is 6.35. The van der Waals surface area contributed by atoms with E-state index in [2.05, 4.69) is 5.10 Å². The Hall–Kier alpha value is -2.56. The third-order valence-corrected chi connectivity index (χ3v) is 2.87. The smallest absolute Gasteiger partial charge is 0.189 e. The van der Waals surface area contributed by atoms with Gasteiger partial charge in [0, 0.05) is 12.7 Å². The van der Waals surface area contributed by atoms with Crippen LogP contribution in [-0.2, 0) is 6.54 Å². The number of nitrogens with zero attached hydrogens (tertiary/aromatic N) is 2. The largest absolute Gasteiger partial charge is 0.504 e. The topological polar surface area (TPSA) is 64.3 Å². The Morgan fingerprint density at radius 1 is 1.50 bits per heavy atom. The van der Waals surface area contributed by atoms with Crippen molar-refractivity contribution in [3.05, 3.63) is 47.8 Å². The Bertz CT molecular complexity index is 644. The van der Waals surface area contributed by atoms with Crippen LogP contribution in [0.1, 0.15) is 22.8 Å². The molecule has 0 fully saturated rings. The van der Waals surface area contributed by atoms with Gasteiger partial charge in [-0.2, -0.15) is 5.10 Å². The van der Waals surface area contributed by atoms with Crippen molar-refractivity contribution in [3.8, 4) is 11.5 Å². The summed E-state index contributed by atoms with van der Waals surface area (Å²) in [5.41, 5.74) is 1.26. The van der Waals surface area contributed by atoms with Gasteiger partial charge in [-0.25, -0.2) is 0 Å². The highest BCUT2D eigenvalue weighted by molar-refractivity contribution is 6.06. The summed E-state index contributed by atoms with van der Waals surface area (Å²) >= 11 is 0. The Morgan fingerprint density at radius 3 is 2.90 bits per heavy atom. The zero-order chi connectivity index (χ0) is 14.5. The van der Waals surface area contributed by atoms with E-state index in [1.165, 1.54) is 19.3 Å². The van der Waals surface area contributed by atoms with E-state index in [-0.39, 0.29) is 11.5 Å². The molecule has 1 heterocycles. The SMILES string of the molecule is CCn1cc(C(=O)/C=C/c2ccc(OC)c(O)c2)cn1. The summed E-state index contributed by atoms with van der Waals surface area (Å²) < 4.78 is 6.65. The number of allylic oxidation sites excluding steroid dienone is 1. The van der Waals surface area contributed by atoms with Crippen LogP contribution in [0.25, 0.3) is 6.08 Å². The van der Waals surface area contributed by atoms with Gasteiger partial charge >= 0.3 is 0 Å². The van der Waals surface area contributed by atoms with Gasteiger partial charge in [0.15, 0.2) is 17.3 Å². The molecule has 20 heavy (non-hydrogen) atoms. The fourth-order valence-electron chi connectivity index (χ4n) is 1.74. The molecular weight excluding hydrogens is 256 g/mol. The number of ether oxygens (including phenoxy) is 1. The fraction of sp³-hybridized carbons (Fsp3) is 0.200. The number of carbonyl (C=O) groups is 1. The minimum Gasteiger partial charge on any atom is -0.504 e. The number of aromatic nitrogens is 2. The molecule has 0 bridgehead atoms. The van der Waals surface area contributed by atoms with Crippen molar-refractivity contribution in [1.29, 1.82) is 0 Å². The lowest BCUT2D eigenvalue weighted by Crippen LogP contribution is -1.94. The number of phenols is 1. The van der Waals surface area contributed by atoms with E-state index < -0.39 is 0 Å². The maximum Gasteiger partial charge on any atom is 0.189 e. The van der Waals surface area contributed by atoms with Crippen molar-refractivity contribution in [2.45, 2.75) is 13.5 Å². The number of benzene rings is 1. The van der Waals surface area contributed by atoms with Crippen LogP contribution in [0.5, 0.6) is 11.5 Å². The second-order valence-electron chi connectivity index (χ2n) is 4.21. The first-order chi connectivity index (χ1) is 9.63. The summed E-state index contributed by atoms with van der Waals surface area (Å²) in [5, 5.41) is 13.7. The van der Waals surface area contributed by atoms with Gasteiger partial charge < -0.3 is 9.84 Å². The number of hydrogen-bond acceptors (Lipinski definition) is 4. The Balaban J connectivity index is 2.12. The maximum absolute atomic E-state index is 11.9. The molecule has 1 N–H and O–H groups in total. The highest BCUT2D eigenvalue weighted by Crippen LogP contribution is 2.26. The lowest BCUT2D eigenvalue weighted by atomic mass is 10.1. The molecule has 0 radical (unpaired) electrons. The number of phenolic OH excluding ortho intramolecular Hbond substituents is 1. The average molecular weight is 272 g/mol. The van der Waals surface area contributed by atoms with E-state index in [1.807, 2.05) is 6.92 Å². The van der Waals surface area contributed by atoms with Gasteiger partial charge in [0.1, 0.15) is 0 Å². The van der Waals surface area contributed by atoms with Gasteiger partial charge in [0.25, 0.3) is 0 Å². The number of aromatic hydroxyl groups is 1. The minimum absolute atomic E-state index is 0.0425. The van der Waals surface area contributed by atoms with E-state index in [9.17, 15) is 9.90 Å². The lowest BCUT2D eigenvalue weighted by Gasteiger charge is -2.03. The minimum atomic E-state index is -0.125. The van der Waals surface area contributed by atoms with E-state index in [4.69, 9.17) is 4.74 Å². The van der Waals surface area contributed by atoms with Crippen LogP contribution in [0.3, 0.4) is 0 Å². The van der Waals surface area contributed by atoms with Crippen LogP contribution < -0.4 is 4.74 Å². The molecule has 0 atom stereocenters. The molecule has 0 unspecified atom stereocenters. The van der Waals surface area contributed by atoms with E-state index >= 15 is 0 Å². The molecule has 104 valence electrons. The van der Waals surface area contributed by atoms with Crippen molar-refractivity contribution < 1.29 is 14.6 Å². The van der Waals surface area contributed by atoms with Crippen LogP contribution in [-0.4, -0.2) is 27.8 Å². The van der Waals surface area contributed by atoms with Crippen LogP contribution >= 0.6 is 0 Å². The average Bonchev–Trinajstić information content (AvgIpc) is 2.94. The van der Waals surface area contributed by atoms with Crippen molar-refractivity contribution in [1.82, 2.24) is 9.78 Å². The van der Waals surface area contributed by atoms with Crippen LogP contribution in [0.2, 0.25) is 0 Å². The predicted molar refractivity (Wildman–Crippen MR) is 75.9 cm³/mol. The zero-order valence-corrected chi connectivity index (χ0v) is 11.4. The quantitative estimate of drug-likeness (QED) is 0.671. The maximum atomic E-state index is 11.9. The Morgan fingerprint density at radius 2 is 2.30 bits per heavy atom. The van der Waals surface area contributed by atoms with E-state index in [1.54, 1.807) is 35.3 Å². The molecule has 0 saturated carbocycles. The normalized spacial score (nSPS) is 10.9. The zero-order valence-electron chi connectivity index (χ0n) is 11.4. The van der Waals surface area contributed by atoms with Crippen LogP contribution in [0, 0.1) is 0 Å². The molecule has 0 aliphatic rings. The number of carbonyl (C=O) groups excluding carboxylic acids is 1. The molecule has 0 amide bonds. The van der Waals surface area contributed by atoms with Gasteiger partial charge in [-0.05, 0) is 30.7 Å². The third-order valence-electron chi connectivity index (χ3n) is 2.87. The number of hydrogen-bond donors (Lipinski definition) is 1. The summed E-state index contributed by atoms with van der Waals surface area (Å²) in [4.78, 5) is 11.9. The van der Waals surface area contributed by atoms with Gasteiger partial charge in [0.05, 0.1) is 18.9 Å². The molecule has 0 saturated heterocycles. The summed E-state index contributed by atoms with van der Waals surface area (Å²) in [5.74, 6) is 0.318. The molecule has 0 aliphatic heterocycles. The van der Waals surface area contributed by atoms with Gasteiger partial charge in [-0.3, -0.25) is 9.48 Å². The highest BCUT2D eigenvalue weighted by atomic mass is 16.5. The first-order valence-electron chi connectivity index (χ1n) is 6.26. The first-order valence-corrected chi connectivity index (χ1v) is 6.26. The molecule has 1 aromatic heterocycles. The number of rotatable bonds is 5. The molecule has 2 aromatic rings. The summed E-state index contributed by atoms with van der Waals surface area (Å²) in [7, 11) is 1.49. The van der Waals surface area contributed by atoms with Crippen molar-refractivity contribution >= 4 is 11.9 Å². The molecular formula is C15H16N2O3. The molecule has 5 nitrogen and oxygen atoms in total. The van der Waals surface area contributed by atoms with E-state index in [0.717, 1.165) is 12.1 Å². The molecule has 5 heteroatoms.